The first-order valence-corrected chi connectivity index (χ1v) is 14.2. The van der Waals surface area contributed by atoms with Gasteiger partial charge < -0.3 is 9.63 Å². The molecule has 0 aliphatic carbocycles. The first-order chi connectivity index (χ1) is 18.2. The van der Waals surface area contributed by atoms with Crippen molar-refractivity contribution in [1.29, 1.82) is 0 Å². The highest BCUT2D eigenvalue weighted by atomic mass is 35.5. The van der Waals surface area contributed by atoms with Crippen LogP contribution in [0.25, 0.3) is 27.5 Å². The van der Waals surface area contributed by atoms with Gasteiger partial charge in [-0.2, -0.15) is 9.78 Å². The second-order valence-corrected chi connectivity index (χ2v) is 12.4. The molecule has 0 fully saturated rings. The third-order valence-corrected chi connectivity index (χ3v) is 9.60. The fourth-order valence-electron chi connectivity index (χ4n) is 4.77. The molecule has 5 aromatic rings. The van der Waals surface area contributed by atoms with Gasteiger partial charge in [-0.05, 0) is 44.0 Å². The molecule has 4 heterocycles. The molecule has 0 saturated heterocycles. The zero-order chi connectivity index (χ0) is 26.7. The Labute approximate surface area is 236 Å². The molecule has 0 spiro atoms. The van der Waals surface area contributed by atoms with Gasteiger partial charge in [0, 0.05) is 22.8 Å². The Morgan fingerprint density at radius 3 is 2.61 bits per heavy atom. The molecule has 0 radical (unpaired) electrons. The monoisotopic (exact) mass is 582 g/mol. The molecule has 1 N–H and O–H groups in total. The lowest BCUT2D eigenvalue weighted by molar-refractivity contribution is 0.0688. The number of carboxylic acid groups (broad SMARTS) is 1. The number of fused-ring (bicyclic) bond motifs is 3. The predicted octanol–water partition coefficient (Wildman–Crippen LogP) is 8.03. The van der Waals surface area contributed by atoms with Gasteiger partial charge in [0.2, 0.25) is 5.13 Å². The summed E-state index contributed by atoms with van der Waals surface area (Å²) in [6.07, 6.45) is 0.497. The zero-order valence-corrected chi connectivity index (χ0v) is 23.6. The van der Waals surface area contributed by atoms with E-state index in [0.717, 1.165) is 26.6 Å². The minimum absolute atomic E-state index is 0.0154. The first-order valence-electron chi connectivity index (χ1n) is 11.7. The van der Waals surface area contributed by atoms with Gasteiger partial charge in [-0.1, -0.05) is 70.0 Å². The fourth-order valence-corrected chi connectivity index (χ4v) is 7.64. The Hall–Kier alpha value is -3.11. The summed E-state index contributed by atoms with van der Waals surface area (Å²) < 4.78 is 7.93. The highest BCUT2D eigenvalue weighted by molar-refractivity contribution is 8.01. The van der Waals surface area contributed by atoms with Gasteiger partial charge in [-0.25, -0.2) is 9.78 Å². The number of carbonyl (C=O) groups is 1. The summed E-state index contributed by atoms with van der Waals surface area (Å²) in [7, 11) is 0. The van der Waals surface area contributed by atoms with Crippen LogP contribution in [0.15, 0.2) is 51.2 Å². The predicted molar refractivity (Wildman–Crippen MR) is 150 cm³/mol. The van der Waals surface area contributed by atoms with Crippen molar-refractivity contribution in [2.24, 2.45) is 0 Å². The minimum atomic E-state index is -1.11. The Kier molecular flexibility index (Phi) is 6.34. The van der Waals surface area contributed by atoms with Crippen LogP contribution in [0.2, 0.25) is 10.0 Å². The maximum atomic E-state index is 12.7. The summed E-state index contributed by atoms with van der Waals surface area (Å²) in [5.41, 5.74) is 6.06. The lowest BCUT2D eigenvalue weighted by atomic mass is 9.97. The number of benzene rings is 2. The van der Waals surface area contributed by atoms with Crippen molar-refractivity contribution >= 4 is 52.3 Å². The van der Waals surface area contributed by atoms with E-state index in [1.807, 2.05) is 42.5 Å². The number of thiazole rings is 1. The number of rotatable bonds is 5. The molecule has 3 aromatic heterocycles. The normalized spacial score (nSPS) is 14.4. The maximum Gasteiger partial charge on any atom is 0.355 e. The van der Waals surface area contributed by atoms with E-state index in [4.69, 9.17) is 32.7 Å². The fraction of sp³-hybridized carbons (Fsp3) is 0.185. The van der Waals surface area contributed by atoms with Crippen LogP contribution in [0.4, 0.5) is 0 Å². The van der Waals surface area contributed by atoms with Crippen LogP contribution in [0.1, 0.15) is 50.9 Å². The standard InChI is InChI=1S/C27H20Cl2N4O3S2/c1-12-21(22-13(2)36-32-20(22)9-15-7-5-4-6-8-15)24(25(34)35)33(31-12)27-30-23-17-11-19(29)18(28)10-16(17)14(3)37-26(23)38-27/h4-8,10-11,14H,9H2,1-3H3,(H,34,35). The van der Waals surface area contributed by atoms with Gasteiger partial charge in [-0.3, -0.25) is 0 Å². The molecule has 1 atom stereocenters. The van der Waals surface area contributed by atoms with Gasteiger partial charge in [0.15, 0.2) is 5.69 Å². The lowest BCUT2D eigenvalue weighted by Gasteiger charge is -2.21. The van der Waals surface area contributed by atoms with Crippen molar-refractivity contribution in [2.75, 3.05) is 0 Å². The molecular formula is C27H20Cl2N4O3S2. The number of hydrogen-bond acceptors (Lipinski definition) is 7. The molecule has 11 heteroatoms. The average molecular weight is 584 g/mol. The quantitative estimate of drug-likeness (QED) is 0.224. The highest BCUT2D eigenvalue weighted by Crippen LogP contribution is 2.53. The minimum Gasteiger partial charge on any atom is -0.476 e. The van der Waals surface area contributed by atoms with E-state index in [2.05, 4.69) is 17.2 Å². The summed E-state index contributed by atoms with van der Waals surface area (Å²) in [6.45, 7) is 5.67. The van der Waals surface area contributed by atoms with Crippen LogP contribution in [0.5, 0.6) is 0 Å². The van der Waals surface area contributed by atoms with Gasteiger partial charge in [-0.15, -0.1) is 11.8 Å². The summed E-state index contributed by atoms with van der Waals surface area (Å²) >= 11 is 15.7. The Morgan fingerprint density at radius 2 is 1.87 bits per heavy atom. The van der Waals surface area contributed by atoms with E-state index >= 15 is 0 Å². The summed E-state index contributed by atoms with van der Waals surface area (Å²) in [5.74, 6) is -0.583. The number of thioether (sulfide) groups is 1. The number of nitrogens with zero attached hydrogens (tertiary/aromatic N) is 4. The van der Waals surface area contributed by atoms with Crippen molar-refractivity contribution < 1.29 is 14.4 Å². The van der Waals surface area contributed by atoms with Crippen LogP contribution >= 0.6 is 46.3 Å². The van der Waals surface area contributed by atoms with E-state index in [0.29, 0.717) is 49.9 Å². The third-order valence-electron chi connectivity index (χ3n) is 6.50. The Balaban J connectivity index is 1.50. The molecule has 2 aromatic carbocycles. The topological polar surface area (TPSA) is 94.0 Å². The molecule has 6 rings (SSSR count). The van der Waals surface area contributed by atoms with Gasteiger partial charge in [0.05, 0.1) is 36.9 Å². The van der Waals surface area contributed by atoms with Crippen LogP contribution < -0.4 is 0 Å². The summed E-state index contributed by atoms with van der Waals surface area (Å²) in [6, 6.07) is 13.6. The number of aryl methyl sites for hydroxylation is 2. The molecule has 0 saturated carbocycles. The van der Waals surface area contributed by atoms with Gasteiger partial charge in [0.1, 0.15) is 5.76 Å². The molecular weight excluding hydrogens is 563 g/mol. The van der Waals surface area contributed by atoms with Crippen LogP contribution in [0, 0.1) is 13.8 Å². The molecule has 0 amide bonds. The zero-order valence-electron chi connectivity index (χ0n) is 20.5. The SMILES string of the molecule is Cc1nn(-c2nc3c(s2)SC(C)c2cc(Cl)c(Cl)cc2-3)c(C(=O)O)c1-c1c(Cc2ccccc2)noc1C. The lowest BCUT2D eigenvalue weighted by Crippen LogP contribution is -2.09. The molecule has 192 valence electrons. The van der Waals surface area contributed by atoms with Crippen LogP contribution in [-0.2, 0) is 6.42 Å². The van der Waals surface area contributed by atoms with Crippen LogP contribution in [-0.4, -0.2) is 31.0 Å². The van der Waals surface area contributed by atoms with E-state index in [-0.39, 0.29) is 10.9 Å². The molecule has 7 nitrogen and oxygen atoms in total. The van der Waals surface area contributed by atoms with Crippen molar-refractivity contribution in [3.05, 3.63) is 86.5 Å². The van der Waals surface area contributed by atoms with Crippen molar-refractivity contribution in [2.45, 2.75) is 36.7 Å². The molecule has 1 unspecified atom stereocenters. The number of aromatic nitrogens is 4. The molecule has 1 aliphatic heterocycles. The Morgan fingerprint density at radius 1 is 1.13 bits per heavy atom. The number of aromatic carboxylic acids is 1. The molecule has 0 bridgehead atoms. The second kappa shape index (κ2) is 9.57. The molecule has 1 aliphatic rings. The largest absolute Gasteiger partial charge is 0.476 e. The first kappa shape index (κ1) is 25.2. The highest BCUT2D eigenvalue weighted by Gasteiger charge is 2.32. The van der Waals surface area contributed by atoms with E-state index < -0.39 is 5.97 Å². The van der Waals surface area contributed by atoms with E-state index in [1.54, 1.807) is 25.6 Å². The maximum absolute atomic E-state index is 12.7. The van der Waals surface area contributed by atoms with Crippen molar-refractivity contribution in [3.63, 3.8) is 0 Å². The van der Waals surface area contributed by atoms with Crippen molar-refractivity contribution in [3.8, 4) is 27.5 Å². The van der Waals surface area contributed by atoms with Gasteiger partial charge >= 0.3 is 5.97 Å². The van der Waals surface area contributed by atoms with E-state index in [9.17, 15) is 9.90 Å². The number of carboxylic acids is 1. The van der Waals surface area contributed by atoms with E-state index in [1.165, 1.54) is 16.0 Å². The van der Waals surface area contributed by atoms with Gasteiger partial charge in [0.25, 0.3) is 0 Å². The third kappa shape index (κ3) is 4.14. The summed E-state index contributed by atoms with van der Waals surface area (Å²) in [4.78, 5) is 17.6. The van der Waals surface area contributed by atoms with Crippen LogP contribution in [0.3, 0.4) is 0 Å². The second-order valence-electron chi connectivity index (χ2n) is 8.99. The smallest absolute Gasteiger partial charge is 0.355 e. The average Bonchev–Trinajstić information content (AvgIpc) is 3.56. The summed E-state index contributed by atoms with van der Waals surface area (Å²) in [5, 5.41) is 20.8. The number of halogens is 2. The Bertz CT molecular complexity index is 1730. The van der Waals surface area contributed by atoms with Crippen molar-refractivity contribution in [1.82, 2.24) is 19.9 Å². The number of hydrogen-bond donors (Lipinski definition) is 1. The molecule has 38 heavy (non-hydrogen) atoms.